The van der Waals surface area contributed by atoms with E-state index >= 15 is 0 Å². The Morgan fingerprint density at radius 1 is 1.64 bits per heavy atom. The molecule has 0 aromatic carbocycles. The van der Waals surface area contributed by atoms with Gasteiger partial charge in [0.2, 0.25) is 0 Å². The zero-order chi connectivity index (χ0) is 10.6. The first-order valence-electron chi connectivity index (χ1n) is 5.11. The van der Waals surface area contributed by atoms with Gasteiger partial charge in [-0.15, -0.1) is 11.6 Å². The highest BCUT2D eigenvalue weighted by atomic mass is 35.5. The van der Waals surface area contributed by atoms with Crippen LogP contribution in [0.25, 0.3) is 0 Å². The maximum Gasteiger partial charge on any atom is 0.0838 e. The van der Waals surface area contributed by atoms with Crippen molar-refractivity contribution in [1.29, 1.82) is 0 Å². The van der Waals surface area contributed by atoms with Gasteiger partial charge in [0.15, 0.2) is 0 Å². The smallest absolute Gasteiger partial charge is 0.0838 e. The van der Waals surface area contributed by atoms with Crippen LogP contribution >= 0.6 is 11.6 Å². The molecule has 0 bridgehead atoms. The molecule has 0 spiro atoms. The molecule has 0 aliphatic carbocycles. The number of alkyl halides is 1. The molecule has 84 valence electrons. The Morgan fingerprint density at radius 2 is 2.36 bits per heavy atom. The van der Waals surface area contributed by atoms with Gasteiger partial charge in [-0.2, -0.15) is 0 Å². The first kappa shape index (κ1) is 12.2. The summed E-state index contributed by atoms with van der Waals surface area (Å²) in [5.41, 5.74) is 0. The lowest BCUT2D eigenvalue weighted by Gasteiger charge is -2.40. The van der Waals surface area contributed by atoms with Gasteiger partial charge in [-0.1, -0.05) is 0 Å². The molecule has 14 heavy (non-hydrogen) atoms. The fraction of sp³-hybridized carbons (Fsp3) is 1.00. The number of ether oxygens (including phenoxy) is 2. The van der Waals surface area contributed by atoms with Crippen LogP contribution in [0.1, 0.15) is 13.8 Å². The second-order valence-electron chi connectivity index (χ2n) is 3.96. The third-order valence-corrected chi connectivity index (χ3v) is 3.04. The van der Waals surface area contributed by atoms with Gasteiger partial charge in [0.05, 0.1) is 19.3 Å². The molecule has 1 aliphatic heterocycles. The van der Waals surface area contributed by atoms with Crippen molar-refractivity contribution in [3.05, 3.63) is 0 Å². The summed E-state index contributed by atoms with van der Waals surface area (Å²) in [6, 6.07) is 0.893. The Labute approximate surface area is 91.3 Å². The maximum absolute atomic E-state index is 5.79. The summed E-state index contributed by atoms with van der Waals surface area (Å²) in [5.74, 6) is 0.572. The van der Waals surface area contributed by atoms with E-state index < -0.39 is 0 Å². The van der Waals surface area contributed by atoms with E-state index in [1.807, 2.05) is 0 Å². The van der Waals surface area contributed by atoms with Gasteiger partial charge in [0.1, 0.15) is 0 Å². The Bertz CT molecular complexity index is 168. The number of nitrogens with zero attached hydrogens (tertiary/aromatic N) is 1. The van der Waals surface area contributed by atoms with Crippen molar-refractivity contribution in [3.63, 3.8) is 0 Å². The Balaban J connectivity index is 2.46. The van der Waals surface area contributed by atoms with E-state index in [4.69, 9.17) is 21.1 Å². The van der Waals surface area contributed by atoms with Gasteiger partial charge in [0, 0.05) is 31.6 Å². The number of hydrogen-bond acceptors (Lipinski definition) is 3. The van der Waals surface area contributed by atoms with Gasteiger partial charge < -0.3 is 9.47 Å². The summed E-state index contributed by atoms with van der Waals surface area (Å²) >= 11 is 5.79. The highest BCUT2D eigenvalue weighted by molar-refractivity contribution is 6.18. The number of methoxy groups -OCH3 is 1. The van der Waals surface area contributed by atoms with Crippen LogP contribution in [0.15, 0.2) is 0 Å². The minimum Gasteiger partial charge on any atom is -0.383 e. The van der Waals surface area contributed by atoms with Crippen LogP contribution < -0.4 is 0 Å². The van der Waals surface area contributed by atoms with Crippen LogP contribution in [0.3, 0.4) is 0 Å². The summed E-state index contributed by atoms with van der Waals surface area (Å²) in [6.07, 6.45) is 0.173. The average molecular weight is 222 g/mol. The third kappa shape index (κ3) is 3.09. The monoisotopic (exact) mass is 221 g/mol. The standard InChI is InChI=1S/C10H20ClNO2/c1-8(6-13-3)12-5-10(4-11)14-7-9(12)2/h8-10H,4-7H2,1-3H3. The molecule has 3 unspecified atom stereocenters. The quantitative estimate of drug-likeness (QED) is 0.669. The average Bonchev–Trinajstić information content (AvgIpc) is 2.19. The Hall–Kier alpha value is 0.170. The van der Waals surface area contributed by atoms with Crippen molar-refractivity contribution < 1.29 is 9.47 Å². The largest absolute Gasteiger partial charge is 0.383 e. The van der Waals surface area contributed by atoms with E-state index in [0.29, 0.717) is 18.0 Å². The molecule has 0 radical (unpaired) electrons. The Morgan fingerprint density at radius 3 is 2.93 bits per heavy atom. The second kappa shape index (κ2) is 5.91. The lowest BCUT2D eigenvalue weighted by molar-refractivity contribution is -0.0712. The minimum atomic E-state index is 0.173. The molecule has 0 saturated carbocycles. The van der Waals surface area contributed by atoms with Crippen molar-refractivity contribution in [2.45, 2.75) is 32.0 Å². The minimum absolute atomic E-state index is 0.173. The van der Waals surface area contributed by atoms with Crippen molar-refractivity contribution in [3.8, 4) is 0 Å². The summed E-state index contributed by atoms with van der Waals surface area (Å²) in [6.45, 7) is 6.80. The SMILES string of the molecule is COCC(C)N1CC(CCl)OCC1C. The highest BCUT2D eigenvalue weighted by Gasteiger charge is 2.28. The Kier molecular flexibility index (Phi) is 5.17. The summed E-state index contributed by atoms with van der Waals surface area (Å²) in [7, 11) is 1.74. The predicted molar refractivity (Wildman–Crippen MR) is 58.0 cm³/mol. The topological polar surface area (TPSA) is 21.7 Å². The molecular formula is C10H20ClNO2. The predicted octanol–water partition coefficient (Wildman–Crippen LogP) is 1.35. The number of rotatable bonds is 4. The molecule has 0 aromatic heterocycles. The molecule has 0 aromatic rings. The summed E-state index contributed by atoms with van der Waals surface area (Å²) in [4.78, 5) is 2.40. The molecule has 1 aliphatic rings. The molecule has 3 nitrogen and oxygen atoms in total. The van der Waals surface area contributed by atoms with Crippen molar-refractivity contribution >= 4 is 11.6 Å². The third-order valence-electron chi connectivity index (χ3n) is 2.70. The van der Waals surface area contributed by atoms with Gasteiger partial charge in [-0.05, 0) is 13.8 Å². The van der Waals surface area contributed by atoms with Crippen molar-refractivity contribution in [2.75, 3.05) is 32.7 Å². The molecule has 1 saturated heterocycles. The fourth-order valence-electron chi connectivity index (χ4n) is 1.88. The van der Waals surface area contributed by atoms with Crippen LogP contribution in [0.2, 0.25) is 0 Å². The van der Waals surface area contributed by atoms with Gasteiger partial charge in [-0.3, -0.25) is 4.90 Å². The van der Waals surface area contributed by atoms with E-state index in [1.165, 1.54) is 0 Å². The lowest BCUT2D eigenvalue weighted by atomic mass is 10.1. The van der Waals surface area contributed by atoms with Crippen LogP contribution in [0.5, 0.6) is 0 Å². The zero-order valence-corrected chi connectivity index (χ0v) is 9.96. The number of halogens is 1. The number of hydrogen-bond donors (Lipinski definition) is 0. The highest BCUT2D eigenvalue weighted by Crippen LogP contribution is 2.15. The first-order valence-corrected chi connectivity index (χ1v) is 5.64. The molecule has 1 heterocycles. The van der Waals surface area contributed by atoms with E-state index in [-0.39, 0.29) is 6.10 Å². The van der Waals surface area contributed by atoms with Crippen molar-refractivity contribution in [2.24, 2.45) is 0 Å². The van der Waals surface area contributed by atoms with Gasteiger partial charge in [0.25, 0.3) is 0 Å². The van der Waals surface area contributed by atoms with Crippen LogP contribution in [-0.2, 0) is 9.47 Å². The summed E-state index contributed by atoms with van der Waals surface area (Å²) < 4.78 is 10.7. The van der Waals surface area contributed by atoms with E-state index in [2.05, 4.69) is 18.7 Å². The van der Waals surface area contributed by atoms with Gasteiger partial charge >= 0.3 is 0 Å². The normalized spacial score (nSPS) is 31.7. The lowest BCUT2D eigenvalue weighted by Crippen LogP contribution is -2.53. The van der Waals surface area contributed by atoms with Crippen LogP contribution in [0, 0.1) is 0 Å². The molecule has 3 atom stereocenters. The molecule has 0 amide bonds. The molecule has 1 fully saturated rings. The zero-order valence-electron chi connectivity index (χ0n) is 9.20. The first-order chi connectivity index (χ1) is 6.69. The van der Waals surface area contributed by atoms with E-state index in [1.54, 1.807) is 7.11 Å². The van der Waals surface area contributed by atoms with Gasteiger partial charge in [-0.25, -0.2) is 0 Å². The van der Waals surface area contributed by atoms with E-state index in [9.17, 15) is 0 Å². The molecular weight excluding hydrogens is 202 g/mol. The van der Waals surface area contributed by atoms with Crippen molar-refractivity contribution in [1.82, 2.24) is 4.90 Å². The fourth-order valence-corrected chi connectivity index (χ4v) is 2.07. The van der Waals surface area contributed by atoms with Crippen LogP contribution in [-0.4, -0.2) is 55.8 Å². The maximum atomic E-state index is 5.79. The molecule has 0 N–H and O–H groups in total. The molecule has 4 heteroatoms. The molecule has 1 rings (SSSR count). The second-order valence-corrected chi connectivity index (χ2v) is 4.27. The summed E-state index contributed by atoms with van der Waals surface area (Å²) in [5, 5.41) is 0. The number of morpholine rings is 1. The van der Waals surface area contributed by atoms with E-state index in [0.717, 1.165) is 19.8 Å². The van der Waals surface area contributed by atoms with Crippen LogP contribution in [0.4, 0.5) is 0 Å².